The molecule has 0 aliphatic rings. The van der Waals surface area contributed by atoms with Gasteiger partial charge in [0.25, 0.3) is 0 Å². The summed E-state index contributed by atoms with van der Waals surface area (Å²) in [6.07, 6.45) is 2.36. The Morgan fingerprint density at radius 3 is 2.58 bits per heavy atom. The first kappa shape index (κ1) is 12.1. The van der Waals surface area contributed by atoms with E-state index in [4.69, 9.17) is 16.6 Å². The van der Waals surface area contributed by atoms with Crippen LogP contribution in [0.4, 0.5) is 0 Å². The molecule has 0 bridgehead atoms. The molecule has 0 aromatic rings. The number of hydrogen-bond donors (Lipinski definition) is 3. The van der Waals surface area contributed by atoms with Gasteiger partial charge >= 0.3 is 5.97 Å². The number of nitrogens with two attached hydrogens (primary N) is 2. The molecular weight excluding hydrogens is 196 g/mol. The van der Waals surface area contributed by atoms with Crippen molar-refractivity contribution in [1.82, 2.24) is 0 Å². The Kier molecular flexibility index (Phi) is 6.64. The van der Waals surface area contributed by atoms with Crippen molar-refractivity contribution in [1.29, 1.82) is 0 Å². The second kappa shape index (κ2) is 6.59. The molecule has 0 aliphatic carbocycles. The highest BCUT2D eigenvalue weighted by atomic mass is 33.1. The minimum absolute atomic E-state index is 0.131. The molecule has 0 saturated heterocycles. The van der Waals surface area contributed by atoms with Crippen LogP contribution in [-0.4, -0.2) is 35.2 Å². The van der Waals surface area contributed by atoms with Crippen LogP contribution in [0.1, 0.15) is 6.42 Å². The van der Waals surface area contributed by atoms with E-state index in [2.05, 4.69) is 0 Å². The summed E-state index contributed by atoms with van der Waals surface area (Å²) in [4.78, 5) is 10.4. The van der Waals surface area contributed by atoms with Crippen LogP contribution >= 0.6 is 21.6 Å². The lowest BCUT2D eigenvalue weighted by molar-refractivity contribution is -0.138. The van der Waals surface area contributed by atoms with Crippen molar-refractivity contribution in [2.75, 3.05) is 12.8 Å². The Hall–Kier alpha value is 0.0900. The van der Waals surface area contributed by atoms with Crippen molar-refractivity contribution >= 4 is 27.6 Å². The van der Waals surface area contributed by atoms with Gasteiger partial charge in [-0.25, -0.2) is 0 Å². The van der Waals surface area contributed by atoms with Crippen LogP contribution in [0.3, 0.4) is 0 Å². The third-order valence-corrected chi connectivity index (χ3v) is 3.57. The molecule has 0 aliphatic heterocycles. The summed E-state index contributed by atoms with van der Waals surface area (Å²) < 4.78 is 0. The number of aliphatic carboxylic acids is 1. The van der Waals surface area contributed by atoms with Crippen LogP contribution < -0.4 is 11.5 Å². The first-order valence-corrected chi connectivity index (χ1v) is 6.11. The average molecular weight is 210 g/mol. The molecule has 12 heavy (non-hydrogen) atoms. The van der Waals surface area contributed by atoms with Gasteiger partial charge in [0, 0.05) is 11.8 Å². The van der Waals surface area contributed by atoms with E-state index in [1.807, 2.05) is 6.26 Å². The van der Waals surface area contributed by atoms with Crippen molar-refractivity contribution in [2.45, 2.75) is 17.7 Å². The number of rotatable bonds is 6. The van der Waals surface area contributed by atoms with Gasteiger partial charge in [-0.1, -0.05) is 21.6 Å². The lowest BCUT2D eigenvalue weighted by atomic mass is 10.2. The fraction of sp³-hybridized carbons (Fsp3) is 0.833. The predicted octanol–water partition coefficient (Wildman–Crippen LogP) is 0.127. The summed E-state index contributed by atoms with van der Waals surface area (Å²) in [5.41, 5.74) is 10.8. The van der Waals surface area contributed by atoms with Gasteiger partial charge < -0.3 is 16.6 Å². The largest absolute Gasteiger partial charge is 0.480 e. The molecule has 2 atom stereocenters. The van der Waals surface area contributed by atoms with Gasteiger partial charge in [-0.15, -0.1) is 0 Å². The number of carboxylic acid groups (broad SMARTS) is 1. The monoisotopic (exact) mass is 210 g/mol. The Labute approximate surface area is 79.8 Å². The topological polar surface area (TPSA) is 89.3 Å². The van der Waals surface area contributed by atoms with Crippen LogP contribution in [0.2, 0.25) is 0 Å². The third-order valence-electron chi connectivity index (χ3n) is 1.33. The number of hydrogen-bond acceptors (Lipinski definition) is 5. The minimum atomic E-state index is -0.963. The van der Waals surface area contributed by atoms with Crippen LogP contribution in [0.5, 0.6) is 0 Å². The van der Waals surface area contributed by atoms with E-state index in [0.29, 0.717) is 13.0 Å². The highest BCUT2D eigenvalue weighted by molar-refractivity contribution is 8.76. The molecular formula is C6H14N2O2S2. The molecule has 6 heteroatoms. The Morgan fingerprint density at radius 2 is 2.25 bits per heavy atom. The molecule has 1 unspecified atom stereocenters. The second-order valence-corrected chi connectivity index (χ2v) is 5.07. The van der Waals surface area contributed by atoms with Crippen molar-refractivity contribution in [3.05, 3.63) is 0 Å². The SMILES string of the molecule is CSSC(CN)C[C@H](N)C(=O)O. The Bertz CT molecular complexity index is 146. The summed E-state index contributed by atoms with van der Waals surface area (Å²) in [6, 6.07) is -0.793. The Morgan fingerprint density at radius 1 is 1.67 bits per heavy atom. The predicted molar refractivity (Wildman–Crippen MR) is 54.2 cm³/mol. The highest BCUT2D eigenvalue weighted by Gasteiger charge is 2.17. The molecule has 0 amide bonds. The summed E-state index contributed by atoms with van der Waals surface area (Å²) in [5, 5.41) is 8.64. The van der Waals surface area contributed by atoms with Crippen molar-refractivity contribution in [3.8, 4) is 0 Å². The lowest BCUT2D eigenvalue weighted by Gasteiger charge is -2.14. The molecule has 0 spiro atoms. The van der Waals surface area contributed by atoms with Crippen LogP contribution in [0, 0.1) is 0 Å². The van der Waals surface area contributed by atoms with Gasteiger partial charge in [-0.3, -0.25) is 4.79 Å². The van der Waals surface area contributed by atoms with Crippen molar-refractivity contribution in [2.24, 2.45) is 11.5 Å². The maximum absolute atomic E-state index is 10.4. The fourth-order valence-corrected chi connectivity index (χ4v) is 2.62. The van der Waals surface area contributed by atoms with E-state index in [1.165, 1.54) is 0 Å². The molecule has 72 valence electrons. The third kappa shape index (κ3) is 4.87. The van der Waals surface area contributed by atoms with Gasteiger partial charge in [0.15, 0.2) is 0 Å². The zero-order valence-corrected chi connectivity index (χ0v) is 8.53. The highest BCUT2D eigenvalue weighted by Crippen LogP contribution is 2.25. The zero-order chi connectivity index (χ0) is 9.56. The molecule has 0 aromatic carbocycles. The van der Waals surface area contributed by atoms with E-state index in [9.17, 15) is 4.79 Å². The normalized spacial score (nSPS) is 15.6. The molecule has 0 radical (unpaired) electrons. The maximum atomic E-state index is 10.4. The smallest absolute Gasteiger partial charge is 0.320 e. The molecule has 0 fully saturated rings. The number of carboxylic acids is 1. The molecule has 0 heterocycles. The van der Waals surface area contributed by atoms with Crippen LogP contribution in [0.25, 0.3) is 0 Å². The minimum Gasteiger partial charge on any atom is -0.480 e. The van der Waals surface area contributed by atoms with E-state index in [0.717, 1.165) is 0 Å². The van der Waals surface area contributed by atoms with E-state index in [-0.39, 0.29) is 5.25 Å². The fourth-order valence-electron chi connectivity index (χ4n) is 0.695. The van der Waals surface area contributed by atoms with Crippen molar-refractivity contribution < 1.29 is 9.90 Å². The standard InChI is InChI=1S/C6H14N2O2S2/c1-11-12-4(3-7)2-5(8)6(9)10/h4-5H,2-3,7-8H2,1H3,(H,9,10)/t4?,5-/m0/s1. The average Bonchev–Trinajstić information content (AvgIpc) is 2.03. The first-order valence-electron chi connectivity index (χ1n) is 3.49. The van der Waals surface area contributed by atoms with Crippen LogP contribution in [-0.2, 0) is 4.79 Å². The molecule has 4 nitrogen and oxygen atoms in total. The summed E-state index contributed by atoms with van der Waals surface area (Å²) in [5.74, 6) is -0.963. The number of carbonyl (C=O) groups is 1. The summed E-state index contributed by atoms with van der Waals surface area (Å²) >= 11 is 0. The van der Waals surface area contributed by atoms with E-state index < -0.39 is 12.0 Å². The quantitative estimate of drug-likeness (QED) is 0.540. The van der Waals surface area contributed by atoms with Gasteiger partial charge in [-0.05, 0) is 12.7 Å². The van der Waals surface area contributed by atoms with Gasteiger partial charge in [0.2, 0.25) is 0 Å². The summed E-state index contributed by atoms with van der Waals surface area (Å²) in [6.45, 7) is 0.465. The molecule has 0 aromatic heterocycles. The van der Waals surface area contributed by atoms with Gasteiger partial charge in [0.1, 0.15) is 6.04 Å². The maximum Gasteiger partial charge on any atom is 0.320 e. The first-order chi connectivity index (χ1) is 5.61. The summed E-state index contributed by atoms with van der Waals surface area (Å²) in [7, 11) is 3.15. The van der Waals surface area contributed by atoms with Crippen LogP contribution in [0.15, 0.2) is 0 Å². The molecule has 0 saturated carbocycles. The molecule has 5 N–H and O–H groups in total. The van der Waals surface area contributed by atoms with E-state index in [1.54, 1.807) is 21.6 Å². The Balaban J connectivity index is 3.76. The van der Waals surface area contributed by atoms with Crippen molar-refractivity contribution in [3.63, 3.8) is 0 Å². The van der Waals surface area contributed by atoms with Gasteiger partial charge in [0.05, 0.1) is 0 Å². The molecule has 0 rings (SSSR count). The van der Waals surface area contributed by atoms with E-state index >= 15 is 0 Å². The zero-order valence-electron chi connectivity index (χ0n) is 6.90. The van der Waals surface area contributed by atoms with Gasteiger partial charge in [-0.2, -0.15) is 0 Å². The second-order valence-electron chi connectivity index (χ2n) is 2.30. The lowest BCUT2D eigenvalue weighted by Crippen LogP contribution is -2.35.